The molecule has 0 aliphatic carbocycles. The Hall–Kier alpha value is -2.56. The molecule has 0 bridgehead atoms. The second kappa shape index (κ2) is 6.15. The first-order chi connectivity index (χ1) is 11.7. The Kier molecular flexibility index (Phi) is 3.84. The lowest BCUT2D eigenvalue weighted by atomic mass is 9.99. The van der Waals surface area contributed by atoms with Crippen molar-refractivity contribution in [3.05, 3.63) is 54.5 Å². The zero-order valence-electron chi connectivity index (χ0n) is 13.9. The van der Waals surface area contributed by atoms with E-state index in [1.807, 2.05) is 53.3 Å². The molecular weight excluding hydrogens is 300 g/mol. The van der Waals surface area contributed by atoms with E-state index >= 15 is 0 Å². The molecule has 5 nitrogen and oxygen atoms in total. The SMILES string of the molecule is Cn1ccc2c(C(=O)N3CCCC[C@@H]3Cn3cccn3)cccc21. The molecule has 24 heavy (non-hydrogen) atoms. The number of nitrogens with zero attached hydrogens (tertiary/aromatic N) is 4. The average molecular weight is 322 g/mol. The van der Waals surface area contributed by atoms with Gasteiger partial charge in [-0.05, 0) is 43.5 Å². The van der Waals surface area contributed by atoms with Crippen LogP contribution in [0.5, 0.6) is 0 Å². The lowest BCUT2D eigenvalue weighted by Crippen LogP contribution is -2.46. The molecule has 0 N–H and O–H groups in total. The van der Waals surface area contributed by atoms with Crippen LogP contribution in [0.25, 0.3) is 10.9 Å². The number of likely N-dealkylation sites (tertiary alicyclic amines) is 1. The Morgan fingerprint density at radius 2 is 2.12 bits per heavy atom. The van der Waals surface area contributed by atoms with Gasteiger partial charge >= 0.3 is 0 Å². The van der Waals surface area contributed by atoms with Gasteiger partial charge in [0.05, 0.1) is 12.6 Å². The largest absolute Gasteiger partial charge is 0.351 e. The second-order valence-electron chi connectivity index (χ2n) is 6.54. The number of amides is 1. The molecule has 124 valence electrons. The monoisotopic (exact) mass is 322 g/mol. The van der Waals surface area contributed by atoms with Gasteiger partial charge in [0.1, 0.15) is 0 Å². The molecule has 0 unspecified atom stereocenters. The van der Waals surface area contributed by atoms with Gasteiger partial charge in [0.2, 0.25) is 0 Å². The van der Waals surface area contributed by atoms with E-state index in [0.29, 0.717) is 0 Å². The number of benzene rings is 1. The van der Waals surface area contributed by atoms with E-state index in [9.17, 15) is 4.79 Å². The van der Waals surface area contributed by atoms with E-state index in [-0.39, 0.29) is 11.9 Å². The molecule has 0 radical (unpaired) electrons. The summed E-state index contributed by atoms with van der Waals surface area (Å²) in [5, 5.41) is 5.34. The van der Waals surface area contributed by atoms with Gasteiger partial charge in [-0.15, -0.1) is 0 Å². The van der Waals surface area contributed by atoms with Crippen molar-refractivity contribution in [2.75, 3.05) is 6.54 Å². The second-order valence-corrected chi connectivity index (χ2v) is 6.54. The molecule has 0 spiro atoms. The highest BCUT2D eigenvalue weighted by Crippen LogP contribution is 2.25. The lowest BCUT2D eigenvalue weighted by molar-refractivity contribution is 0.0586. The summed E-state index contributed by atoms with van der Waals surface area (Å²) in [5.41, 5.74) is 1.90. The van der Waals surface area contributed by atoms with Crippen molar-refractivity contribution in [1.29, 1.82) is 0 Å². The van der Waals surface area contributed by atoms with E-state index in [0.717, 1.165) is 42.4 Å². The number of aromatic nitrogens is 3. The Morgan fingerprint density at radius 1 is 1.21 bits per heavy atom. The lowest BCUT2D eigenvalue weighted by Gasteiger charge is -2.36. The van der Waals surface area contributed by atoms with Crippen molar-refractivity contribution >= 4 is 16.8 Å². The molecular formula is C19H22N4O. The standard InChI is InChI=1S/C19H22N4O/c1-21-13-9-16-17(7-4-8-18(16)21)19(24)23-12-3-2-6-15(23)14-22-11-5-10-20-22/h4-5,7-11,13,15H,2-3,6,12,14H2,1H3/t15-/m1/s1. The Bertz CT molecular complexity index is 850. The van der Waals surface area contributed by atoms with Crippen LogP contribution < -0.4 is 0 Å². The fourth-order valence-electron chi connectivity index (χ4n) is 3.73. The van der Waals surface area contributed by atoms with E-state index < -0.39 is 0 Å². The minimum atomic E-state index is 0.142. The summed E-state index contributed by atoms with van der Waals surface area (Å²) in [5.74, 6) is 0.142. The quantitative estimate of drug-likeness (QED) is 0.744. The Labute approximate surface area is 141 Å². The smallest absolute Gasteiger partial charge is 0.254 e. The molecule has 1 aliphatic rings. The van der Waals surface area contributed by atoms with Crippen LogP contribution in [0.15, 0.2) is 48.9 Å². The highest BCUT2D eigenvalue weighted by Gasteiger charge is 2.28. The van der Waals surface area contributed by atoms with E-state index in [1.54, 1.807) is 6.20 Å². The van der Waals surface area contributed by atoms with E-state index in [2.05, 4.69) is 15.7 Å². The molecule has 3 aromatic rings. The summed E-state index contributed by atoms with van der Waals surface area (Å²) < 4.78 is 3.99. The van der Waals surface area contributed by atoms with Crippen LogP contribution >= 0.6 is 0 Å². The first-order valence-corrected chi connectivity index (χ1v) is 8.56. The number of hydrogen-bond donors (Lipinski definition) is 0. The van der Waals surface area contributed by atoms with Crippen molar-refractivity contribution in [1.82, 2.24) is 19.2 Å². The van der Waals surface area contributed by atoms with Gasteiger partial charge in [-0.2, -0.15) is 5.10 Å². The molecule has 3 heterocycles. The van der Waals surface area contributed by atoms with Crippen molar-refractivity contribution in [2.24, 2.45) is 7.05 Å². The van der Waals surface area contributed by atoms with Gasteiger partial charge in [-0.3, -0.25) is 9.48 Å². The fraction of sp³-hybridized carbons (Fsp3) is 0.368. The highest BCUT2D eigenvalue weighted by atomic mass is 16.2. The Morgan fingerprint density at radius 3 is 2.96 bits per heavy atom. The molecule has 2 aromatic heterocycles. The fourth-order valence-corrected chi connectivity index (χ4v) is 3.73. The summed E-state index contributed by atoms with van der Waals surface area (Å²) >= 11 is 0. The summed E-state index contributed by atoms with van der Waals surface area (Å²) in [6.07, 6.45) is 9.06. The van der Waals surface area contributed by atoms with Crippen LogP contribution in [-0.4, -0.2) is 37.7 Å². The molecule has 1 aliphatic heterocycles. The van der Waals surface area contributed by atoms with Crippen molar-refractivity contribution in [2.45, 2.75) is 31.8 Å². The maximum atomic E-state index is 13.2. The minimum absolute atomic E-state index is 0.142. The third-order valence-corrected chi connectivity index (χ3v) is 5.00. The molecule has 0 saturated carbocycles. The predicted molar refractivity (Wildman–Crippen MR) is 93.8 cm³/mol. The third-order valence-electron chi connectivity index (χ3n) is 5.00. The van der Waals surface area contributed by atoms with Gasteiger partial charge in [0.25, 0.3) is 5.91 Å². The Balaban J connectivity index is 1.65. The zero-order valence-corrected chi connectivity index (χ0v) is 13.9. The van der Waals surface area contributed by atoms with Crippen molar-refractivity contribution < 1.29 is 4.79 Å². The number of carbonyl (C=O) groups excluding carboxylic acids is 1. The first-order valence-electron chi connectivity index (χ1n) is 8.56. The van der Waals surface area contributed by atoms with Crippen LogP contribution in [-0.2, 0) is 13.6 Å². The van der Waals surface area contributed by atoms with Crippen LogP contribution in [0.2, 0.25) is 0 Å². The molecule has 5 heteroatoms. The normalized spacial score (nSPS) is 18.2. The summed E-state index contributed by atoms with van der Waals surface area (Å²) in [4.78, 5) is 15.3. The summed E-state index contributed by atoms with van der Waals surface area (Å²) in [7, 11) is 2.01. The van der Waals surface area contributed by atoms with Crippen LogP contribution in [0.1, 0.15) is 29.6 Å². The van der Waals surface area contributed by atoms with Crippen LogP contribution in [0.4, 0.5) is 0 Å². The molecule has 1 fully saturated rings. The van der Waals surface area contributed by atoms with E-state index in [4.69, 9.17) is 0 Å². The molecule has 1 amide bonds. The number of fused-ring (bicyclic) bond motifs is 1. The highest BCUT2D eigenvalue weighted by molar-refractivity contribution is 6.06. The topological polar surface area (TPSA) is 43.1 Å². The zero-order chi connectivity index (χ0) is 16.5. The molecule has 1 atom stereocenters. The molecule has 1 saturated heterocycles. The molecule has 1 aromatic carbocycles. The summed E-state index contributed by atoms with van der Waals surface area (Å²) in [6.45, 7) is 1.59. The number of carbonyl (C=O) groups is 1. The first kappa shape index (κ1) is 15.0. The number of rotatable bonds is 3. The number of hydrogen-bond acceptors (Lipinski definition) is 2. The summed E-state index contributed by atoms with van der Waals surface area (Å²) in [6, 6.07) is 10.2. The third kappa shape index (κ3) is 2.60. The number of piperidine rings is 1. The van der Waals surface area contributed by atoms with Crippen molar-refractivity contribution in [3.8, 4) is 0 Å². The van der Waals surface area contributed by atoms with E-state index in [1.165, 1.54) is 6.42 Å². The average Bonchev–Trinajstić information content (AvgIpc) is 3.25. The van der Waals surface area contributed by atoms with Gasteiger partial charge in [-0.25, -0.2) is 0 Å². The van der Waals surface area contributed by atoms with Crippen LogP contribution in [0, 0.1) is 0 Å². The van der Waals surface area contributed by atoms with Gasteiger partial charge in [-0.1, -0.05) is 6.07 Å². The number of aryl methyl sites for hydroxylation is 1. The maximum absolute atomic E-state index is 13.2. The van der Waals surface area contributed by atoms with Gasteiger partial charge in [0, 0.05) is 48.6 Å². The molecule has 4 rings (SSSR count). The maximum Gasteiger partial charge on any atom is 0.254 e. The van der Waals surface area contributed by atoms with Crippen LogP contribution in [0.3, 0.4) is 0 Å². The minimum Gasteiger partial charge on any atom is -0.351 e. The van der Waals surface area contributed by atoms with Gasteiger partial charge < -0.3 is 9.47 Å². The van der Waals surface area contributed by atoms with Gasteiger partial charge in [0.15, 0.2) is 0 Å². The predicted octanol–water partition coefficient (Wildman–Crippen LogP) is 3.07. The van der Waals surface area contributed by atoms with Crippen molar-refractivity contribution in [3.63, 3.8) is 0 Å².